The molecule has 0 saturated carbocycles. The smallest absolute Gasteiger partial charge is 0.366 e. The zero-order valence-electron chi connectivity index (χ0n) is 16.9. The molecule has 9 heteroatoms. The molecular formula is C22H21F3N6. The number of nitriles is 1. The van der Waals surface area contributed by atoms with Gasteiger partial charge in [0.25, 0.3) is 0 Å². The Morgan fingerprint density at radius 3 is 2.39 bits per heavy atom. The average Bonchev–Trinajstić information content (AvgIpc) is 3.21. The Morgan fingerprint density at radius 1 is 1.06 bits per heavy atom. The minimum Gasteiger partial charge on any atom is -0.366 e. The summed E-state index contributed by atoms with van der Waals surface area (Å²) in [6, 6.07) is 14.8. The predicted molar refractivity (Wildman–Crippen MR) is 110 cm³/mol. The van der Waals surface area contributed by atoms with Gasteiger partial charge in [0, 0.05) is 43.5 Å². The Balaban J connectivity index is 1.42. The molecule has 1 aliphatic rings. The van der Waals surface area contributed by atoms with Crippen LogP contribution in [0.1, 0.15) is 23.7 Å². The van der Waals surface area contributed by atoms with Crippen LogP contribution in [0.2, 0.25) is 0 Å². The first-order chi connectivity index (χ1) is 14.8. The quantitative estimate of drug-likeness (QED) is 0.681. The van der Waals surface area contributed by atoms with E-state index in [0.29, 0.717) is 18.7 Å². The van der Waals surface area contributed by atoms with Gasteiger partial charge in [0.2, 0.25) is 0 Å². The number of halogens is 3. The predicted octanol–water partition coefficient (Wildman–Crippen LogP) is 4.07. The van der Waals surface area contributed by atoms with Crippen LogP contribution in [0, 0.1) is 11.3 Å². The van der Waals surface area contributed by atoms with Gasteiger partial charge in [-0.05, 0) is 43.3 Å². The van der Waals surface area contributed by atoms with Gasteiger partial charge in [-0.2, -0.15) is 33.8 Å². The highest BCUT2D eigenvalue weighted by molar-refractivity contribution is 5.62. The van der Waals surface area contributed by atoms with Crippen LogP contribution in [-0.2, 0) is 12.7 Å². The van der Waals surface area contributed by atoms with E-state index in [4.69, 9.17) is 5.26 Å². The highest BCUT2D eigenvalue weighted by Gasteiger charge is 2.31. The summed E-state index contributed by atoms with van der Waals surface area (Å²) in [5, 5.41) is 20.2. The lowest BCUT2D eigenvalue weighted by Crippen LogP contribution is -2.51. The summed E-state index contributed by atoms with van der Waals surface area (Å²) in [6.45, 7) is 4.88. The molecule has 0 amide bonds. The second-order valence-corrected chi connectivity index (χ2v) is 7.63. The molecule has 2 heterocycles. The number of benzene rings is 2. The van der Waals surface area contributed by atoms with Gasteiger partial charge in [-0.3, -0.25) is 4.90 Å². The van der Waals surface area contributed by atoms with Crippen molar-refractivity contribution in [3.05, 3.63) is 65.4 Å². The van der Waals surface area contributed by atoms with E-state index in [0.717, 1.165) is 47.9 Å². The SMILES string of the molecule is C[C@@H]1CN(Cc2n[nH]nc2-c2ccc(C#N)cc2)CCN1c1ccc(C(F)(F)F)cc1. The van der Waals surface area contributed by atoms with Gasteiger partial charge < -0.3 is 4.90 Å². The maximum Gasteiger partial charge on any atom is 0.416 e. The van der Waals surface area contributed by atoms with E-state index in [1.165, 1.54) is 12.1 Å². The molecule has 1 saturated heterocycles. The molecule has 6 nitrogen and oxygen atoms in total. The van der Waals surface area contributed by atoms with Crippen molar-refractivity contribution in [3.63, 3.8) is 0 Å². The van der Waals surface area contributed by atoms with Crippen molar-refractivity contribution in [1.82, 2.24) is 20.3 Å². The third-order valence-corrected chi connectivity index (χ3v) is 5.52. The molecule has 0 radical (unpaired) electrons. The van der Waals surface area contributed by atoms with Crippen molar-refractivity contribution in [2.45, 2.75) is 25.7 Å². The number of aromatic amines is 1. The van der Waals surface area contributed by atoms with Crippen molar-refractivity contribution in [3.8, 4) is 17.3 Å². The summed E-state index contributed by atoms with van der Waals surface area (Å²) >= 11 is 0. The van der Waals surface area contributed by atoms with Gasteiger partial charge in [-0.25, -0.2) is 0 Å². The lowest BCUT2D eigenvalue weighted by Gasteiger charge is -2.41. The maximum atomic E-state index is 12.8. The molecule has 0 aliphatic carbocycles. The van der Waals surface area contributed by atoms with E-state index in [1.807, 2.05) is 12.1 Å². The van der Waals surface area contributed by atoms with Crippen LogP contribution in [0.25, 0.3) is 11.3 Å². The maximum absolute atomic E-state index is 12.8. The average molecular weight is 426 g/mol. The Bertz CT molecular complexity index is 1070. The van der Waals surface area contributed by atoms with Gasteiger partial charge in [0.1, 0.15) is 11.4 Å². The highest BCUT2D eigenvalue weighted by Crippen LogP contribution is 2.31. The van der Waals surface area contributed by atoms with Gasteiger partial charge in [0.15, 0.2) is 0 Å². The van der Waals surface area contributed by atoms with Gasteiger partial charge in [-0.15, -0.1) is 0 Å². The summed E-state index contributed by atoms with van der Waals surface area (Å²) in [6.07, 6.45) is -4.33. The minimum atomic E-state index is -4.33. The number of alkyl halides is 3. The van der Waals surface area contributed by atoms with E-state index in [2.05, 4.69) is 38.2 Å². The number of aromatic nitrogens is 3. The molecule has 160 valence electrons. The third-order valence-electron chi connectivity index (χ3n) is 5.52. The highest BCUT2D eigenvalue weighted by atomic mass is 19.4. The lowest BCUT2D eigenvalue weighted by molar-refractivity contribution is -0.137. The van der Waals surface area contributed by atoms with Gasteiger partial charge >= 0.3 is 6.18 Å². The summed E-state index contributed by atoms with van der Waals surface area (Å²) in [4.78, 5) is 4.39. The molecule has 1 aromatic heterocycles. The number of nitrogens with one attached hydrogen (secondary N) is 1. The second-order valence-electron chi connectivity index (χ2n) is 7.63. The van der Waals surface area contributed by atoms with Crippen molar-refractivity contribution in [2.24, 2.45) is 0 Å². The van der Waals surface area contributed by atoms with Crippen molar-refractivity contribution in [2.75, 3.05) is 24.5 Å². The van der Waals surface area contributed by atoms with Crippen molar-refractivity contribution >= 4 is 5.69 Å². The summed E-state index contributed by atoms with van der Waals surface area (Å²) in [7, 11) is 0. The summed E-state index contributed by atoms with van der Waals surface area (Å²) in [5.41, 5.74) is 3.20. The Labute approximate surface area is 177 Å². The van der Waals surface area contributed by atoms with Gasteiger partial charge in [-0.1, -0.05) is 12.1 Å². The van der Waals surface area contributed by atoms with Crippen LogP contribution < -0.4 is 4.90 Å². The number of H-pyrrole nitrogens is 1. The van der Waals surface area contributed by atoms with E-state index < -0.39 is 11.7 Å². The summed E-state index contributed by atoms with van der Waals surface area (Å²) in [5.74, 6) is 0. The number of nitrogens with zero attached hydrogens (tertiary/aromatic N) is 5. The Morgan fingerprint density at radius 2 is 1.77 bits per heavy atom. The first kappa shape index (κ1) is 20.9. The Kier molecular flexibility index (Phi) is 5.65. The molecule has 1 fully saturated rings. The third kappa shape index (κ3) is 4.54. The Hall–Kier alpha value is -3.38. The van der Waals surface area contributed by atoms with Crippen LogP contribution in [0.4, 0.5) is 18.9 Å². The minimum absolute atomic E-state index is 0.135. The normalized spacial score (nSPS) is 17.5. The summed E-state index contributed by atoms with van der Waals surface area (Å²) < 4.78 is 38.4. The molecule has 4 rings (SSSR count). The molecule has 0 bridgehead atoms. The number of anilines is 1. The zero-order valence-corrected chi connectivity index (χ0v) is 16.9. The van der Waals surface area contributed by atoms with E-state index >= 15 is 0 Å². The van der Waals surface area contributed by atoms with Crippen molar-refractivity contribution < 1.29 is 13.2 Å². The van der Waals surface area contributed by atoms with Crippen LogP contribution in [0.5, 0.6) is 0 Å². The molecule has 2 aromatic carbocycles. The van der Waals surface area contributed by atoms with E-state index in [9.17, 15) is 13.2 Å². The van der Waals surface area contributed by atoms with E-state index in [1.54, 1.807) is 12.1 Å². The van der Waals surface area contributed by atoms with E-state index in [-0.39, 0.29) is 6.04 Å². The fourth-order valence-corrected chi connectivity index (χ4v) is 3.91. The molecule has 31 heavy (non-hydrogen) atoms. The standard InChI is InChI=1S/C22H21F3N6/c1-15-13-30(10-11-31(15)19-8-6-18(7-9-19)22(23,24)25)14-20-21(28-29-27-20)17-4-2-16(12-26)3-5-17/h2-9,15H,10-11,13-14H2,1H3,(H,27,28,29)/t15-/m1/s1. The molecule has 0 unspecified atom stereocenters. The van der Waals surface area contributed by atoms with Crippen molar-refractivity contribution in [1.29, 1.82) is 5.26 Å². The number of rotatable bonds is 4. The fraction of sp³-hybridized carbons (Fsp3) is 0.318. The topological polar surface area (TPSA) is 71.8 Å². The number of hydrogen-bond acceptors (Lipinski definition) is 5. The number of piperazine rings is 1. The lowest BCUT2D eigenvalue weighted by atomic mass is 10.1. The monoisotopic (exact) mass is 426 g/mol. The molecule has 3 aromatic rings. The van der Waals surface area contributed by atoms with Crippen LogP contribution in [0.15, 0.2) is 48.5 Å². The first-order valence-corrected chi connectivity index (χ1v) is 9.91. The second kappa shape index (κ2) is 8.40. The van der Waals surface area contributed by atoms with Crippen LogP contribution >= 0.6 is 0 Å². The van der Waals surface area contributed by atoms with Gasteiger partial charge in [0.05, 0.1) is 17.2 Å². The fourth-order valence-electron chi connectivity index (χ4n) is 3.91. The molecule has 1 atom stereocenters. The largest absolute Gasteiger partial charge is 0.416 e. The molecular weight excluding hydrogens is 405 g/mol. The first-order valence-electron chi connectivity index (χ1n) is 9.91. The molecule has 1 aliphatic heterocycles. The molecule has 0 spiro atoms. The number of hydrogen-bond donors (Lipinski definition) is 1. The molecule has 1 N–H and O–H groups in total. The van der Waals surface area contributed by atoms with Crippen LogP contribution in [0.3, 0.4) is 0 Å². The zero-order chi connectivity index (χ0) is 22.0. The van der Waals surface area contributed by atoms with Crippen LogP contribution in [-0.4, -0.2) is 46.0 Å².